The fraction of sp³-hybridized carbons (Fsp3) is 0.312. The highest BCUT2D eigenvalue weighted by molar-refractivity contribution is 6.01. The average molecular weight is 304 g/mol. The average Bonchev–Trinajstić information content (AvgIpc) is 2.96. The van der Waals surface area contributed by atoms with E-state index in [2.05, 4.69) is 0 Å². The van der Waals surface area contributed by atoms with Gasteiger partial charge in [0.15, 0.2) is 5.78 Å². The quantitative estimate of drug-likeness (QED) is 0.530. The van der Waals surface area contributed by atoms with Crippen LogP contribution >= 0.6 is 0 Å². The lowest BCUT2D eigenvalue weighted by Gasteiger charge is -2.25. The van der Waals surface area contributed by atoms with Crippen molar-refractivity contribution < 1.29 is 19.4 Å². The van der Waals surface area contributed by atoms with E-state index in [1.165, 1.54) is 13.2 Å². The van der Waals surface area contributed by atoms with E-state index in [0.29, 0.717) is 35.7 Å². The van der Waals surface area contributed by atoms with Crippen LogP contribution in [-0.2, 0) is 0 Å². The van der Waals surface area contributed by atoms with Gasteiger partial charge in [0, 0.05) is 30.0 Å². The van der Waals surface area contributed by atoms with Gasteiger partial charge < -0.3 is 25.3 Å². The Hall–Kier alpha value is -2.31. The second kappa shape index (κ2) is 7.11. The third kappa shape index (κ3) is 3.29. The van der Waals surface area contributed by atoms with Gasteiger partial charge in [0.05, 0.1) is 25.0 Å². The zero-order valence-electron chi connectivity index (χ0n) is 12.5. The summed E-state index contributed by atoms with van der Waals surface area (Å²) in [5.74, 6) is 0.337. The van der Waals surface area contributed by atoms with Crippen LogP contribution in [0.4, 0.5) is 11.4 Å². The standard InChI is InChI=1S/C16H20N2O4/c1-11(21)13-4-9-22-16(13)14-10-12(17)2-3-15(14)18(5-7-19)6-8-20/h2-4,9-10,19-20H,5-8,17H2,1H3. The minimum Gasteiger partial charge on any atom is -0.463 e. The van der Waals surface area contributed by atoms with E-state index in [4.69, 9.17) is 10.2 Å². The lowest BCUT2D eigenvalue weighted by Crippen LogP contribution is -2.30. The highest BCUT2D eigenvalue weighted by Gasteiger charge is 2.19. The van der Waals surface area contributed by atoms with Gasteiger partial charge in [-0.3, -0.25) is 4.79 Å². The van der Waals surface area contributed by atoms with Crippen LogP contribution in [0, 0.1) is 0 Å². The number of anilines is 2. The van der Waals surface area contributed by atoms with Crippen molar-refractivity contribution in [1.29, 1.82) is 0 Å². The van der Waals surface area contributed by atoms with Crippen LogP contribution in [0.25, 0.3) is 11.3 Å². The molecule has 118 valence electrons. The number of Topliss-reactive ketones (excluding diaryl/α,β-unsaturated/α-hetero) is 1. The van der Waals surface area contributed by atoms with Gasteiger partial charge in [-0.15, -0.1) is 0 Å². The molecule has 0 amide bonds. The van der Waals surface area contributed by atoms with Gasteiger partial charge in [-0.1, -0.05) is 0 Å². The minimum atomic E-state index is -0.104. The summed E-state index contributed by atoms with van der Waals surface area (Å²) < 4.78 is 5.49. The monoisotopic (exact) mass is 304 g/mol. The van der Waals surface area contributed by atoms with Crippen LogP contribution in [0.1, 0.15) is 17.3 Å². The molecule has 0 spiro atoms. The summed E-state index contributed by atoms with van der Waals surface area (Å²) in [5, 5.41) is 18.4. The predicted molar refractivity (Wildman–Crippen MR) is 84.9 cm³/mol. The number of carbonyl (C=O) groups is 1. The lowest BCUT2D eigenvalue weighted by atomic mass is 10.0. The molecule has 1 aromatic carbocycles. The van der Waals surface area contributed by atoms with E-state index in [1.807, 2.05) is 4.90 Å². The first-order valence-electron chi connectivity index (χ1n) is 7.03. The number of benzene rings is 1. The van der Waals surface area contributed by atoms with Crippen molar-refractivity contribution in [1.82, 2.24) is 0 Å². The van der Waals surface area contributed by atoms with Gasteiger partial charge >= 0.3 is 0 Å². The number of hydrogen-bond acceptors (Lipinski definition) is 6. The number of nitrogens with zero attached hydrogens (tertiary/aromatic N) is 1. The zero-order chi connectivity index (χ0) is 16.1. The molecule has 6 heteroatoms. The summed E-state index contributed by atoms with van der Waals surface area (Å²) >= 11 is 0. The molecule has 1 heterocycles. The molecule has 0 aliphatic carbocycles. The number of nitrogen functional groups attached to an aromatic ring is 1. The maximum Gasteiger partial charge on any atom is 0.163 e. The molecule has 0 aliphatic rings. The van der Waals surface area contributed by atoms with E-state index < -0.39 is 0 Å². The summed E-state index contributed by atoms with van der Waals surface area (Å²) in [7, 11) is 0. The maximum absolute atomic E-state index is 11.7. The summed E-state index contributed by atoms with van der Waals surface area (Å²) in [5.41, 5.74) is 8.28. The summed E-state index contributed by atoms with van der Waals surface area (Å²) in [6.07, 6.45) is 1.46. The number of carbonyl (C=O) groups excluding carboxylic acids is 1. The van der Waals surface area contributed by atoms with Crippen molar-refractivity contribution in [3.63, 3.8) is 0 Å². The molecule has 0 unspecified atom stereocenters. The number of nitrogens with two attached hydrogens (primary N) is 1. The Morgan fingerprint density at radius 3 is 2.50 bits per heavy atom. The van der Waals surface area contributed by atoms with Crippen molar-refractivity contribution in [2.75, 3.05) is 36.9 Å². The van der Waals surface area contributed by atoms with Crippen molar-refractivity contribution in [2.45, 2.75) is 6.92 Å². The van der Waals surface area contributed by atoms with E-state index in [-0.39, 0.29) is 19.0 Å². The Morgan fingerprint density at radius 2 is 1.91 bits per heavy atom. The van der Waals surface area contributed by atoms with Crippen LogP contribution in [0.15, 0.2) is 34.9 Å². The van der Waals surface area contributed by atoms with Crippen LogP contribution in [0.5, 0.6) is 0 Å². The molecule has 0 atom stereocenters. The molecule has 6 nitrogen and oxygen atoms in total. The SMILES string of the molecule is CC(=O)c1ccoc1-c1cc(N)ccc1N(CCO)CCO. The Bertz CT molecular complexity index is 645. The molecule has 0 saturated carbocycles. The lowest BCUT2D eigenvalue weighted by molar-refractivity contribution is 0.101. The molecule has 0 fully saturated rings. The predicted octanol–water partition coefficient (Wildman–Crippen LogP) is 1.52. The van der Waals surface area contributed by atoms with Crippen molar-refractivity contribution in [3.8, 4) is 11.3 Å². The number of aliphatic hydroxyl groups is 2. The fourth-order valence-corrected chi connectivity index (χ4v) is 2.40. The van der Waals surface area contributed by atoms with E-state index in [0.717, 1.165) is 5.69 Å². The van der Waals surface area contributed by atoms with Gasteiger partial charge in [0.25, 0.3) is 0 Å². The van der Waals surface area contributed by atoms with Gasteiger partial charge in [-0.25, -0.2) is 0 Å². The molecule has 1 aromatic heterocycles. The van der Waals surface area contributed by atoms with Crippen LogP contribution in [-0.4, -0.2) is 42.3 Å². The molecule has 0 aliphatic heterocycles. The Kier molecular flexibility index (Phi) is 5.19. The largest absolute Gasteiger partial charge is 0.463 e. The normalized spacial score (nSPS) is 10.7. The number of aliphatic hydroxyl groups excluding tert-OH is 2. The highest BCUT2D eigenvalue weighted by atomic mass is 16.3. The second-order valence-electron chi connectivity index (χ2n) is 4.93. The van der Waals surface area contributed by atoms with E-state index in [1.54, 1.807) is 24.3 Å². The highest BCUT2D eigenvalue weighted by Crippen LogP contribution is 2.35. The fourth-order valence-electron chi connectivity index (χ4n) is 2.40. The maximum atomic E-state index is 11.7. The third-order valence-corrected chi connectivity index (χ3v) is 3.39. The van der Waals surface area contributed by atoms with Crippen LogP contribution in [0.3, 0.4) is 0 Å². The summed E-state index contributed by atoms with van der Waals surface area (Å²) in [4.78, 5) is 13.6. The smallest absolute Gasteiger partial charge is 0.163 e. The van der Waals surface area contributed by atoms with Crippen molar-refractivity contribution in [2.24, 2.45) is 0 Å². The molecular formula is C16H20N2O4. The number of hydrogen-bond donors (Lipinski definition) is 3. The van der Waals surface area contributed by atoms with Crippen molar-refractivity contribution in [3.05, 3.63) is 36.1 Å². The van der Waals surface area contributed by atoms with Crippen LogP contribution in [0.2, 0.25) is 0 Å². The van der Waals surface area contributed by atoms with Gasteiger partial charge in [-0.05, 0) is 31.2 Å². The molecule has 4 N–H and O–H groups in total. The first kappa shape index (κ1) is 16.1. The molecule has 2 rings (SSSR count). The Morgan fingerprint density at radius 1 is 1.23 bits per heavy atom. The van der Waals surface area contributed by atoms with Gasteiger partial charge in [-0.2, -0.15) is 0 Å². The zero-order valence-corrected chi connectivity index (χ0v) is 12.5. The topological polar surface area (TPSA) is 99.9 Å². The second-order valence-corrected chi connectivity index (χ2v) is 4.93. The minimum absolute atomic E-state index is 0.0540. The van der Waals surface area contributed by atoms with Gasteiger partial charge in [0.1, 0.15) is 5.76 Å². The van der Waals surface area contributed by atoms with Crippen molar-refractivity contribution >= 4 is 17.2 Å². The first-order valence-corrected chi connectivity index (χ1v) is 7.03. The molecule has 2 aromatic rings. The molecule has 0 bridgehead atoms. The Balaban J connectivity index is 2.56. The van der Waals surface area contributed by atoms with E-state index in [9.17, 15) is 15.0 Å². The van der Waals surface area contributed by atoms with Gasteiger partial charge in [0.2, 0.25) is 0 Å². The Labute approximate surface area is 128 Å². The molecule has 0 radical (unpaired) electrons. The number of furan rings is 1. The molecular weight excluding hydrogens is 284 g/mol. The molecule has 22 heavy (non-hydrogen) atoms. The number of rotatable bonds is 7. The first-order chi connectivity index (χ1) is 10.6. The molecule has 0 saturated heterocycles. The third-order valence-electron chi connectivity index (χ3n) is 3.39. The van der Waals surface area contributed by atoms with E-state index >= 15 is 0 Å². The summed E-state index contributed by atoms with van der Waals surface area (Å²) in [6.45, 7) is 2.07. The number of ketones is 1. The van der Waals surface area contributed by atoms with Crippen LogP contribution < -0.4 is 10.6 Å². The summed E-state index contributed by atoms with van der Waals surface area (Å²) in [6, 6.07) is 6.87.